The number of nitrogens with zero attached hydrogens (tertiary/aromatic N) is 4. The van der Waals surface area contributed by atoms with Gasteiger partial charge in [-0.2, -0.15) is 5.10 Å². The van der Waals surface area contributed by atoms with E-state index in [1.807, 2.05) is 4.68 Å². The number of hydrogen-bond donors (Lipinski definition) is 1. The van der Waals surface area contributed by atoms with Gasteiger partial charge in [-0.1, -0.05) is 12.8 Å². The van der Waals surface area contributed by atoms with Gasteiger partial charge in [-0.15, -0.1) is 0 Å². The van der Waals surface area contributed by atoms with Crippen LogP contribution >= 0.6 is 0 Å². The third-order valence-electron chi connectivity index (χ3n) is 4.90. The van der Waals surface area contributed by atoms with E-state index >= 15 is 0 Å². The summed E-state index contributed by atoms with van der Waals surface area (Å²) in [6.45, 7) is 3.26. The van der Waals surface area contributed by atoms with Crippen molar-refractivity contribution >= 4 is 16.9 Å². The highest BCUT2D eigenvalue weighted by atomic mass is 19.3. The zero-order chi connectivity index (χ0) is 15.8. The molecule has 5 nitrogen and oxygen atoms in total. The molecule has 1 saturated carbocycles. The molecule has 1 saturated heterocycles. The fourth-order valence-electron chi connectivity index (χ4n) is 3.62. The molecular formula is C16H21F2N5. The number of piperazine rings is 1. The molecule has 0 radical (unpaired) electrons. The highest BCUT2D eigenvalue weighted by Gasteiger charge is 2.23. The van der Waals surface area contributed by atoms with Crippen LogP contribution in [0.1, 0.15) is 43.7 Å². The number of halogens is 2. The third-order valence-corrected chi connectivity index (χ3v) is 4.90. The minimum atomic E-state index is -2.51. The predicted molar refractivity (Wildman–Crippen MR) is 85.1 cm³/mol. The summed E-state index contributed by atoms with van der Waals surface area (Å²) in [4.78, 5) is 6.62. The lowest BCUT2D eigenvalue weighted by molar-refractivity contribution is 0.153. The monoisotopic (exact) mass is 321 g/mol. The van der Waals surface area contributed by atoms with E-state index in [1.54, 1.807) is 12.3 Å². The van der Waals surface area contributed by atoms with Crippen LogP contribution in [0.4, 0.5) is 14.6 Å². The van der Waals surface area contributed by atoms with Gasteiger partial charge in [0.25, 0.3) is 6.43 Å². The van der Waals surface area contributed by atoms with E-state index in [2.05, 4.69) is 20.3 Å². The molecule has 2 fully saturated rings. The van der Waals surface area contributed by atoms with E-state index in [0.717, 1.165) is 39.0 Å². The van der Waals surface area contributed by atoms with Gasteiger partial charge in [-0.25, -0.2) is 13.8 Å². The second-order valence-corrected chi connectivity index (χ2v) is 6.39. The number of rotatable bonds is 3. The van der Waals surface area contributed by atoms with Crippen molar-refractivity contribution in [2.75, 3.05) is 31.1 Å². The number of nitrogens with one attached hydrogen (secondary N) is 1. The molecule has 7 heteroatoms. The Kier molecular flexibility index (Phi) is 3.88. The molecule has 2 aromatic rings. The zero-order valence-corrected chi connectivity index (χ0v) is 13.0. The molecular weight excluding hydrogens is 300 g/mol. The van der Waals surface area contributed by atoms with Crippen LogP contribution in [0.25, 0.3) is 11.0 Å². The summed E-state index contributed by atoms with van der Waals surface area (Å²) >= 11 is 0. The smallest absolute Gasteiger partial charge is 0.264 e. The number of anilines is 1. The Bertz CT molecular complexity index is 687. The molecule has 0 aromatic carbocycles. The molecule has 23 heavy (non-hydrogen) atoms. The van der Waals surface area contributed by atoms with Crippen LogP contribution in [0.15, 0.2) is 12.3 Å². The van der Waals surface area contributed by atoms with Crippen LogP contribution in [0.3, 0.4) is 0 Å². The van der Waals surface area contributed by atoms with Crippen LogP contribution in [0.5, 0.6) is 0 Å². The molecule has 124 valence electrons. The Hall–Kier alpha value is -1.76. The van der Waals surface area contributed by atoms with Gasteiger partial charge < -0.3 is 10.2 Å². The Morgan fingerprint density at radius 2 is 1.91 bits per heavy atom. The van der Waals surface area contributed by atoms with Crippen molar-refractivity contribution in [3.05, 3.63) is 17.8 Å². The van der Waals surface area contributed by atoms with Crippen LogP contribution in [-0.2, 0) is 0 Å². The molecule has 1 N–H and O–H groups in total. The van der Waals surface area contributed by atoms with E-state index in [-0.39, 0.29) is 5.56 Å². The van der Waals surface area contributed by atoms with Gasteiger partial charge in [0.05, 0.1) is 6.04 Å². The maximum absolute atomic E-state index is 13.5. The van der Waals surface area contributed by atoms with Crippen molar-refractivity contribution < 1.29 is 8.78 Å². The first kappa shape index (κ1) is 14.8. The Morgan fingerprint density at radius 1 is 1.17 bits per heavy atom. The van der Waals surface area contributed by atoms with Gasteiger partial charge in [0, 0.05) is 43.3 Å². The van der Waals surface area contributed by atoms with E-state index in [1.165, 1.54) is 12.8 Å². The van der Waals surface area contributed by atoms with Crippen molar-refractivity contribution in [3.63, 3.8) is 0 Å². The van der Waals surface area contributed by atoms with Gasteiger partial charge >= 0.3 is 0 Å². The Balaban J connectivity index is 1.77. The van der Waals surface area contributed by atoms with Crippen molar-refractivity contribution in [2.24, 2.45) is 0 Å². The van der Waals surface area contributed by atoms with Crippen LogP contribution in [0.2, 0.25) is 0 Å². The van der Waals surface area contributed by atoms with E-state index in [4.69, 9.17) is 0 Å². The SMILES string of the molecule is FC(F)c1cc(N2CCNCC2)nc2nn(C3CCCC3)cc12. The van der Waals surface area contributed by atoms with E-state index in [0.29, 0.717) is 22.9 Å². The molecule has 1 aliphatic carbocycles. The number of alkyl halides is 2. The van der Waals surface area contributed by atoms with Gasteiger partial charge in [0.1, 0.15) is 5.82 Å². The molecule has 0 amide bonds. The van der Waals surface area contributed by atoms with Crippen molar-refractivity contribution in [1.82, 2.24) is 20.1 Å². The third kappa shape index (κ3) is 2.78. The minimum Gasteiger partial charge on any atom is -0.354 e. The first-order chi connectivity index (χ1) is 11.2. The Labute approximate surface area is 133 Å². The van der Waals surface area contributed by atoms with Crippen molar-refractivity contribution in [2.45, 2.75) is 38.2 Å². The molecule has 0 bridgehead atoms. The lowest BCUT2D eigenvalue weighted by atomic mass is 10.2. The molecule has 1 aliphatic heterocycles. The summed E-state index contributed by atoms with van der Waals surface area (Å²) in [7, 11) is 0. The fraction of sp³-hybridized carbons (Fsp3) is 0.625. The summed E-state index contributed by atoms with van der Waals surface area (Å²) in [5.41, 5.74) is 0.496. The maximum Gasteiger partial charge on any atom is 0.264 e. The molecule has 0 unspecified atom stereocenters. The zero-order valence-electron chi connectivity index (χ0n) is 13.0. The lowest BCUT2D eigenvalue weighted by Crippen LogP contribution is -2.43. The highest BCUT2D eigenvalue weighted by Crippen LogP contribution is 2.34. The summed E-state index contributed by atoms with van der Waals surface area (Å²) in [5, 5.41) is 8.28. The van der Waals surface area contributed by atoms with Crippen LogP contribution < -0.4 is 10.2 Å². The quantitative estimate of drug-likeness (QED) is 0.944. The summed E-state index contributed by atoms with van der Waals surface area (Å²) in [6.07, 6.45) is 3.76. The normalized spacial score (nSPS) is 20.0. The first-order valence-corrected chi connectivity index (χ1v) is 8.36. The van der Waals surface area contributed by atoms with E-state index < -0.39 is 6.43 Å². The highest BCUT2D eigenvalue weighted by molar-refractivity contribution is 5.81. The van der Waals surface area contributed by atoms with Gasteiger partial charge in [-0.3, -0.25) is 4.68 Å². The van der Waals surface area contributed by atoms with Crippen LogP contribution in [0, 0.1) is 0 Å². The number of fused-ring (bicyclic) bond motifs is 1. The molecule has 0 atom stereocenters. The molecule has 2 aromatic heterocycles. The molecule has 3 heterocycles. The standard InChI is InChI=1S/C16H21F2N5/c17-15(18)12-9-14(22-7-5-19-6-8-22)20-16-13(12)10-23(21-16)11-3-1-2-4-11/h9-11,15,19H,1-8H2. The topological polar surface area (TPSA) is 46.0 Å². The summed E-state index contributed by atoms with van der Waals surface area (Å²) in [5.74, 6) is 0.617. The first-order valence-electron chi connectivity index (χ1n) is 8.36. The second kappa shape index (κ2) is 6.03. The molecule has 4 rings (SSSR count). The average molecular weight is 321 g/mol. The van der Waals surface area contributed by atoms with Gasteiger partial charge in [0.2, 0.25) is 0 Å². The molecule has 2 aliphatic rings. The fourth-order valence-corrected chi connectivity index (χ4v) is 3.62. The number of pyridine rings is 1. The second-order valence-electron chi connectivity index (χ2n) is 6.39. The Morgan fingerprint density at radius 3 is 2.61 bits per heavy atom. The predicted octanol–water partition coefficient (Wildman–Crippen LogP) is 2.89. The van der Waals surface area contributed by atoms with Crippen molar-refractivity contribution in [1.29, 1.82) is 0 Å². The average Bonchev–Trinajstić information content (AvgIpc) is 3.23. The lowest BCUT2D eigenvalue weighted by Gasteiger charge is -2.28. The minimum absolute atomic E-state index is 0.0489. The van der Waals surface area contributed by atoms with Crippen molar-refractivity contribution in [3.8, 4) is 0 Å². The van der Waals surface area contributed by atoms with Crippen LogP contribution in [-0.4, -0.2) is 40.9 Å². The maximum atomic E-state index is 13.5. The number of hydrogen-bond acceptors (Lipinski definition) is 4. The largest absolute Gasteiger partial charge is 0.354 e. The summed E-state index contributed by atoms with van der Waals surface area (Å²) in [6, 6.07) is 1.87. The van der Waals surface area contributed by atoms with Gasteiger partial charge in [0.15, 0.2) is 5.65 Å². The van der Waals surface area contributed by atoms with Gasteiger partial charge in [-0.05, 0) is 18.9 Å². The van der Waals surface area contributed by atoms with E-state index in [9.17, 15) is 8.78 Å². The molecule has 0 spiro atoms. The summed E-state index contributed by atoms with van der Waals surface area (Å²) < 4.78 is 28.9. The number of aromatic nitrogens is 3.